The number of benzene rings is 1. The lowest BCUT2D eigenvalue weighted by atomic mass is 9.64. The van der Waals surface area contributed by atoms with Gasteiger partial charge in [0.25, 0.3) is 0 Å². The number of aromatic nitrogens is 2. The van der Waals surface area contributed by atoms with Gasteiger partial charge in [0.1, 0.15) is 6.42 Å². The number of halogens is 1. The second-order valence-corrected chi connectivity index (χ2v) is 8.30. The van der Waals surface area contributed by atoms with Crippen molar-refractivity contribution >= 4 is 28.4 Å². The first-order valence-electron chi connectivity index (χ1n) is 9.11. The molecule has 1 aromatic carbocycles. The van der Waals surface area contributed by atoms with Crippen LogP contribution in [-0.2, 0) is 4.79 Å². The third kappa shape index (κ3) is 3.43. The second-order valence-electron chi connectivity index (χ2n) is 7.86. The Morgan fingerprint density at radius 1 is 1.46 bits per heavy atom. The molecule has 1 N–H and O–H groups in total. The molecule has 1 unspecified atom stereocenters. The minimum absolute atomic E-state index is 0.0230. The minimum atomic E-state index is -0.0502. The molecule has 1 aliphatic rings. The van der Waals surface area contributed by atoms with Crippen molar-refractivity contribution in [3.05, 3.63) is 28.9 Å². The van der Waals surface area contributed by atoms with Gasteiger partial charge < -0.3 is 4.90 Å². The van der Waals surface area contributed by atoms with Crippen LogP contribution in [0.2, 0.25) is 5.02 Å². The zero-order valence-electron chi connectivity index (χ0n) is 15.6. The fraction of sp³-hybridized carbons (Fsp3) is 0.550. The van der Waals surface area contributed by atoms with E-state index in [0.717, 1.165) is 41.9 Å². The van der Waals surface area contributed by atoms with E-state index in [0.29, 0.717) is 5.92 Å². The maximum Gasteiger partial charge on any atom is 0.236 e. The van der Waals surface area contributed by atoms with Gasteiger partial charge in [-0.2, -0.15) is 10.4 Å². The monoisotopic (exact) mass is 372 g/mol. The second kappa shape index (κ2) is 7.28. The van der Waals surface area contributed by atoms with Crippen molar-refractivity contribution in [3.63, 3.8) is 0 Å². The first-order chi connectivity index (χ1) is 12.3. The number of hydrogen-bond donors (Lipinski definition) is 1. The van der Waals surface area contributed by atoms with Crippen LogP contribution in [0.4, 0.5) is 0 Å². The summed E-state index contributed by atoms with van der Waals surface area (Å²) < 4.78 is 0. The summed E-state index contributed by atoms with van der Waals surface area (Å²) in [5.74, 6) is 0.738. The number of nitrogens with zero attached hydrogens (tertiary/aromatic N) is 3. The SMILES string of the molecule is CC(c1cc(Cl)cc2cn[nH]c12)C(C)(C)C1CCN(C(=O)CC#N)CC1. The van der Waals surface area contributed by atoms with E-state index < -0.39 is 0 Å². The molecule has 1 atom stereocenters. The maximum absolute atomic E-state index is 11.9. The Balaban J connectivity index is 1.79. The predicted molar refractivity (Wildman–Crippen MR) is 103 cm³/mol. The van der Waals surface area contributed by atoms with E-state index in [1.807, 2.05) is 29.3 Å². The number of nitrogens with one attached hydrogen (secondary N) is 1. The Bertz CT molecular complexity index is 843. The Kier molecular flexibility index (Phi) is 5.24. The van der Waals surface area contributed by atoms with Gasteiger partial charge in [-0.3, -0.25) is 9.89 Å². The molecule has 3 rings (SSSR count). The van der Waals surface area contributed by atoms with Crippen LogP contribution in [0.1, 0.15) is 51.5 Å². The Morgan fingerprint density at radius 3 is 2.81 bits per heavy atom. The topological polar surface area (TPSA) is 72.8 Å². The summed E-state index contributed by atoms with van der Waals surface area (Å²) in [6, 6.07) is 5.93. The lowest BCUT2D eigenvalue weighted by Crippen LogP contribution is -2.43. The average molecular weight is 373 g/mol. The predicted octanol–water partition coefficient (Wildman–Crippen LogP) is 4.50. The van der Waals surface area contributed by atoms with Gasteiger partial charge in [-0.1, -0.05) is 32.4 Å². The lowest BCUT2D eigenvalue weighted by molar-refractivity contribution is -0.132. The molecule has 1 amide bonds. The van der Waals surface area contributed by atoms with Crippen molar-refractivity contribution in [1.29, 1.82) is 5.26 Å². The van der Waals surface area contributed by atoms with Crippen LogP contribution in [0.3, 0.4) is 0 Å². The van der Waals surface area contributed by atoms with Gasteiger partial charge in [0, 0.05) is 23.5 Å². The Labute approximate surface area is 159 Å². The zero-order chi connectivity index (χ0) is 18.9. The molecule has 6 heteroatoms. The summed E-state index contributed by atoms with van der Waals surface area (Å²) in [5, 5.41) is 17.8. The number of carbonyl (C=O) groups excluding carboxylic acids is 1. The van der Waals surface area contributed by atoms with E-state index in [1.165, 1.54) is 5.56 Å². The number of carbonyl (C=O) groups is 1. The molecule has 26 heavy (non-hydrogen) atoms. The molecular formula is C20H25ClN4O. The molecule has 0 spiro atoms. The van der Waals surface area contributed by atoms with Crippen molar-refractivity contribution < 1.29 is 4.79 Å². The van der Waals surface area contributed by atoms with Crippen molar-refractivity contribution in [2.75, 3.05) is 13.1 Å². The molecule has 5 nitrogen and oxygen atoms in total. The number of fused-ring (bicyclic) bond motifs is 1. The highest BCUT2D eigenvalue weighted by atomic mass is 35.5. The number of aromatic amines is 1. The Morgan fingerprint density at radius 2 is 2.15 bits per heavy atom. The van der Waals surface area contributed by atoms with E-state index in [9.17, 15) is 4.79 Å². The Hall–Kier alpha value is -2.06. The zero-order valence-corrected chi connectivity index (χ0v) is 16.3. The summed E-state index contributed by atoms with van der Waals surface area (Å²) in [7, 11) is 0. The van der Waals surface area contributed by atoms with Crippen LogP contribution in [0.5, 0.6) is 0 Å². The largest absolute Gasteiger partial charge is 0.342 e. The van der Waals surface area contributed by atoms with Gasteiger partial charge in [-0.15, -0.1) is 0 Å². The van der Waals surface area contributed by atoms with Crippen LogP contribution >= 0.6 is 11.6 Å². The van der Waals surface area contributed by atoms with Gasteiger partial charge in [0.15, 0.2) is 0 Å². The van der Waals surface area contributed by atoms with Crippen LogP contribution in [0.15, 0.2) is 18.3 Å². The van der Waals surface area contributed by atoms with Crippen LogP contribution in [-0.4, -0.2) is 34.1 Å². The number of likely N-dealkylation sites (tertiary alicyclic amines) is 1. The van der Waals surface area contributed by atoms with Gasteiger partial charge in [-0.25, -0.2) is 0 Å². The van der Waals surface area contributed by atoms with E-state index in [2.05, 4.69) is 31.0 Å². The first kappa shape index (κ1) is 18.7. The molecule has 0 radical (unpaired) electrons. The number of amides is 1. The molecular weight excluding hydrogens is 348 g/mol. The van der Waals surface area contributed by atoms with Gasteiger partial charge in [-0.05, 0) is 47.8 Å². The van der Waals surface area contributed by atoms with Gasteiger partial charge in [0.2, 0.25) is 5.91 Å². The molecule has 1 aromatic heterocycles. The molecule has 0 aliphatic carbocycles. The van der Waals surface area contributed by atoms with Crippen LogP contribution in [0, 0.1) is 22.7 Å². The fourth-order valence-corrected chi connectivity index (χ4v) is 4.43. The molecule has 1 fully saturated rings. The van der Waals surface area contributed by atoms with Crippen molar-refractivity contribution in [2.24, 2.45) is 11.3 Å². The van der Waals surface area contributed by atoms with Gasteiger partial charge >= 0.3 is 0 Å². The van der Waals surface area contributed by atoms with E-state index in [1.54, 1.807) is 0 Å². The smallest absolute Gasteiger partial charge is 0.236 e. The summed E-state index contributed by atoms with van der Waals surface area (Å²) in [5.41, 5.74) is 2.29. The van der Waals surface area contributed by atoms with Gasteiger partial charge in [0.05, 0.1) is 17.8 Å². The standard InChI is InChI=1S/C20H25ClN4O/c1-13(17-11-16(21)10-14-12-23-24-19(14)17)20(2,3)15-5-8-25(9-6-15)18(26)4-7-22/h10-13,15H,4-6,8-9H2,1-3H3,(H,23,24). The highest BCUT2D eigenvalue weighted by Crippen LogP contribution is 2.47. The number of rotatable bonds is 4. The van der Waals surface area contributed by atoms with Crippen molar-refractivity contribution in [1.82, 2.24) is 15.1 Å². The molecule has 138 valence electrons. The van der Waals surface area contributed by atoms with Crippen molar-refractivity contribution in [2.45, 2.75) is 46.0 Å². The molecule has 1 saturated heterocycles. The third-order valence-corrected chi connectivity index (χ3v) is 6.48. The molecule has 1 aliphatic heterocycles. The highest BCUT2D eigenvalue weighted by Gasteiger charge is 2.38. The van der Waals surface area contributed by atoms with E-state index >= 15 is 0 Å². The fourth-order valence-electron chi connectivity index (χ4n) is 4.20. The minimum Gasteiger partial charge on any atom is -0.342 e. The number of nitriles is 1. The normalized spacial score (nSPS) is 17.3. The molecule has 0 saturated carbocycles. The molecule has 2 aromatic rings. The number of hydrogen-bond acceptors (Lipinski definition) is 3. The van der Waals surface area contributed by atoms with E-state index in [-0.39, 0.29) is 23.7 Å². The lowest BCUT2D eigenvalue weighted by Gasteiger charge is -2.44. The number of piperidine rings is 1. The molecule has 0 bridgehead atoms. The quantitative estimate of drug-likeness (QED) is 0.858. The molecule has 2 heterocycles. The third-order valence-electron chi connectivity index (χ3n) is 6.26. The summed E-state index contributed by atoms with van der Waals surface area (Å²) in [6.07, 6.45) is 3.71. The summed E-state index contributed by atoms with van der Waals surface area (Å²) in [4.78, 5) is 13.8. The number of H-pyrrole nitrogens is 1. The van der Waals surface area contributed by atoms with Crippen molar-refractivity contribution in [3.8, 4) is 6.07 Å². The van der Waals surface area contributed by atoms with Crippen LogP contribution in [0.25, 0.3) is 10.9 Å². The first-order valence-corrected chi connectivity index (χ1v) is 9.49. The van der Waals surface area contributed by atoms with Crippen LogP contribution < -0.4 is 0 Å². The maximum atomic E-state index is 11.9. The summed E-state index contributed by atoms with van der Waals surface area (Å²) in [6.45, 7) is 8.32. The average Bonchev–Trinajstić information content (AvgIpc) is 3.09. The van der Waals surface area contributed by atoms with E-state index in [4.69, 9.17) is 16.9 Å². The highest BCUT2D eigenvalue weighted by molar-refractivity contribution is 6.31. The summed E-state index contributed by atoms with van der Waals surface area (Å²) >= 11 is 6.33.